The normalized spacial score (nSPS) is 16.4. The number of pyridine rings is 1. The fourth-order valence-electron chi connectivity index (χ4n) is 4.65. The number of alkyl halides is 6. The standard InChI is InChI=1S/C26H25F6N5O3S/c1-13-11-18(24(9-6-10-24)26(30,31)32)34-15(3)20(13)40-23-19(14(2)21(36-37-23)25(27,28)29)22(38)35-16-7-5-8-17(12-16)41(4,33)39/h5,7-8,11-12,33H,6,9-10H2,1-4H3,(H,35,38). The number of anilines is 1. The zero-order chi connectivity index (χ0) is 30.5. The second-order valence-electron chi connectivity index (χ2n) is 9.95. The molecule has 0 bridgehead atoms. The average Bonchev–Trinajstić information content (AvgIpc) is 2.78. The summed E-state index contributed by atoms with van der Waals surface area (Å²) < 4.78 is 108. The van der Waals surface area contributed by atoms with Crippen LogP contribution in [0, 0.1) is 25.6 Å². The number of nitrogens with zero attached hydrogens (tertiary/aromatic N) is 3. The van der Waals surface area contributed by atoms with Gasteiger partial charge in [-0.1, -0.05) is 12.5 Å². The van der Waals surface area contributed by atoms with Gasteiger partial charge in [0.15, 0.2) is 11.4 Å². The first-order valence-electron chi connectivity index (χ1n) is 12.2. The topological polar surface area (TPSA) is 118 Å². The molecule has 1 aliphatic rings. The number of aromatic nitrogens is 3. The number of halogens is 6. The van der Waals surface area contributed by atoms with E-state index in [9.17, 15) is 35.3 Å². The third-order valence-electron chi connectivity index (χ3n) is 6.99. The van der Waals surface area contributed by atoms with Crippen molar-refractivity contribution in [1.29, 1.82) is 4.78 Å². The van der Waals surface area contributed by atoms with E-state index in [0.29, 0.717) is 6.42 Å². The highest BCUT2D eigenvalue weighted by molar-refractivity contribution is 7.91. The van der Waals surface area contributed by atoms with Crippen LogP contribution in [0.15, 0.2) is 35.2 Å². The minimum atomic E-state index is -4.97. The lowest BCUT2D eigenvalue weighted by Crippen LogP contribution is -2.48. The molecule has 3 aromatic rings. The average molecular weight is 602 g/mol. The highest BCUT2D eigenvalue weighted by atomic mass is 32.2. The number of hydrogen-bond donors (Lipinski definition) is 2. The molecule has 4 rings (SSSR count). The molecule has 0 aliphatic heterocycles. The summed E-state index contributed by atoms with van der Waals surface area (Å²) in [6.07, 6.45) is -8.18. The predicted octanol–water partition coefficient (Wildman–Crippen LogP) is 6.88. The molecule has 2 aromatic heterocycles. The molecule has 2 N–H and O–H groups in total. The van der Waals surface area contributed by atoms with Crippen molar-refractivity contribution >= 4 is 21.3 Å². The Bertz CT molecular complexity index is 1610. The first-order valence-corrected chi connectivity index (χ1v) is 14.1. The molecule has 220 valence electrons. The second-order valence-corrected chi connectivity index (χ2v) is 12.1. The lowest BCUT2D eigenvalue weighted by molar-refractivity contribution is -0.214. The third kappa shape index (κ3) is 5.72. The first-order chi connectivity index (χ1) is 18.8. The highest BCUT2D eigenvalue weighted by Gasteiger charge is 2.60. The largest absolute Gasteiger partial charge is 0.435 e. The molecular weight excluding hydrogens is 576 g/mol. The van der Waals surface area contributed by atoms with Crippen molar-refractivity contribution in [3.8, 4) is 11.6 Å². The molecule has 1 fully saturated rings. The number of nitrogens with one attached hydrogen (secondary N) is 2. The van der Waals surface area contributed by atoms with Crippen LogP contribution in [0.5, 0.6) is 11.6 Å². The van der Waals surface area contributed by atoms with E-state index in [2.05, 4.69) is 20.5 Å². The maximum Gasteiger partial charge on any atom is 0.435 e. The van der Waals surface area contributed by atoms with Crippen molar-refractivity contribution in [3.05, 3.63) is 64.1 Å². The minimum Gasteiger partial charge on any atom is -0.435 e. The fourth-order valence-corrected chi connectivity index (χ4v) is 5.34. The Morgan fingerprint density at radius 1 is 1.07 bits per heavy atom. The Kier molecular flexibility index (Phi) is 7.56. The Morgan fingerprint density at radius 3 is 2.24 bits per heavy atom. The van der Waals surface area contributed by atoms with E-state index in [0.717, 1.165) is 13.2 Å². The molecule has 15 heteroatoms. The monoisotopic (exact) mass is 601 g/mol. The first kappa shape index (κ1) is 30.2. The van der Waals surface area contributed by atoms with E-state index in [-0.39, 0.29) is 46.1 Å². The number of carbonyl (C=O) groups excluding carboxylic acids is 1. The Labute approximate surface area is 231 Å². The van der Waals surface area contributed by atoms with Gasteiger partial charge in [-0.15, -0.1) is 10.2 Å². The maximum atomic E-state index is 13.9. The molecule has 2 heterocycles. The Balaban J connectivity index is 1.78. The second kappa shape index (κ2) is 10.3. The van der Waals surface area contributed by atoms with Gasteiger partial charge >= 0.3 is 12.4 Å². The summed E-state index contributed by atoms with van der Waals surface area (Å²) >= 11 is 0. The quantitative estimate of drug-likeness (QED) is 0.298. The smallest absolute Gasteiger partial charge is 0.435 e. The van der Waals surface area contributed by atoms with Crippen molar-refractivity contribution < 1.29 is 40.1 Å². The van der Waals surface area contributed by atoms with Crippen LogP contribution in [0.2, 0.25) is 0 Å². The molecule has 1 aromatic carbocycles. The van der Waals surface area contributed by atoms with Gasteiger partial charge in [-0.05, 0) is 69.0 Å². The van der Waals surface area contributed by atoms with Crippen molar-refractivity contribution in [1.82, 2.24) is 15.2 Å². The predicted molar refractivity (Wildman–Crippen MR) is 137 cm³/mol. The molecule has 1 unspecified atom stereocenters. The molecular formula is C26H25F6N5O3S. The molecule has 1 amide bonds. The van der Waals surface area contributed by atoms with Crippen molar-refractivity contribution in [2.24, 2.45) is 0 Å². The van der Waals surface area contributed by atoms with Crippen LogP contribution in [-0.2, 0) is 21.3 Å². The van der Waals surface area contributed by atoms with Crippen LogP contribution >= 0.6 is 0 Å². The zero-order valence-electron chi connectivity index (χ0n) is 22.3. The maximum absolute atomic E-state index is 13.9. The number of hydrogen-bond acceptors (Lipinski definition) is 7. The molecule has 0 saturated heterocycles. The molecule has 1 atom stereocenters. The van der Waals surface area contributed by atoms with Gasteiger partial charge in [-0.3, -0.25) is 9.78 Å². The number of benzene rings is 1. The number of ether oxygens (including phenoxy) is 1. The van der Waals surface area contributed by atoms with Crippen LogP contribution in [-0.4, -0.2) is 37.7 Å². The van der Waals surface area contributed by atoms with Crippen LogP contribution in [0.3, 0.4) is 0 Å². The summed E-state index contributed by atoms with van der Waals surface area (Å²) in [7, 11) is -3.16. The van der Waals surface area contributed by atoms with Crippen molar-refractivity contribution in [2.45, 2.75) is 62.7 Å². The van der Waals surface area contributed by atoms with Gasteiger partial charge in [-0.2, -0.15) is 26.3 Å². The van der Waals surface area contributed by atoms with E-state index in [1.165, 1.54) is 44.2 Å². The number of carbonyl (C=O) groups is 1. The van der Waals surface area contributed by atoms with E-state index in [1.807, 2.05) is 0 Å². The summed E-state index contributed by atoms with van der Waals surface area (Å²) in [6, 6.07) is 6.66. The molecule has 8 nitrogen and oxygen atoms in total. The minimum absolute atomic E-state index is 0.0158. The Hall–Kier alpha value is -3.75. The van der Waals surface area contributed by atoms with Crippen molar-refractivity contribution in [2.75, 3.05) is 11.6 Å². The summed E-state index contributed by atoms with van der Waals surface area (Å²) in [4.78, 5) is 17.5. The molecule has 1 saturated carbocycles. The van der Waals surface area contributed by atoms with Gasteiger partial charge in [-0.25, -0.2) is 8.99 Å². The van der Waals surface area contributed by atoms with Gasteiger partial charge in [0.25, 0.3) is 11.8 Å². The summed E-state index contributed by atoms with van der Waals surface area (Å²) in [5.74, 6) is -1.79. The molecule has 41 heavy (non-hydrogen) atoms. The number of amides is 1. The van der Waals surface area contributed by atoms with Gasteiger partial charge in [0.1, 0.15) is 11.0 Å². The van der Waals surface area contributed by atoms with E-state index >= 15 is 0 Å². The van der Waals surface area contributed by atoms with E-state index in [4.69, 9.17) is 9.52 Å². The van der Waals surface area contributed by atoms with Gasteiger partial charge in [0, 0.05) is 16.8 Å². The van der Waals surface area contributed by atoms with E-state index in [1.54, 1.807) is 0 Å². The van der Waals surface area contributed by atoms with Crippen LogP contribution in [0.25, 0.3) is 0 Å². The summed E-state index contributed by atoms with van der Waals surface area (Å²) in [5.41, 5.74) is -4.70. The number of rotatable bonds is 6. The molecule has 1 aliphatic carbocycles. The lowest BCUT2D eigenvalue weighted by Gasteiger charge is -2.42. The van der Waals surface area contributed by atoms with Crippen LogP contribution < -0.4 is 10.1 Å². The fraction of sp³-hybridized carbons (Fsp3) is 0.385. The molecule has 0 spiro atoms. The Morgan fingerprint density at radius 2 is 1.73 bits per heavy atom. The van der Waals surface area contributed by atoms with E-state index < -0.39 is 56.1 Å². The van der Waals surface area contributed by atoms with Crippen LogP contribution in [0.4, 0.5) is 32.0 Å². The summed E-state index contributed by atoms with van der Waals surface area (Å²) in [6.45, 7) is 3.84. The summed E-state index contributed by atoms with van der Waals surface area (Å²) in [5, 5.41) is 9.11. The lowest BCUT2D eigenvalue weighted by atomic mass is 9.65. The SMILES string of the molecule is Cc1cc(C2(C(F)(F)F)CCC2)nc(C)c1Oc1nnc(C(F)(F)F)c(C)c1C(=O)Nc1cccc(S(C)(=N)=O)c1. The third-order valence-corrected chi connectivity index (χ3v) is 8.14. The van der Waals surface area contributed by atoms with Gasteiger partial charge in [0.2, 0.25) is 0 Å². The van der Waals surface area contributed by atoms with Gasteiger partial charge < -0.3 is 10.1 Å². The zero-order valence-corrected chi connectivity index (χ0v) is 23.1. The van der Waals surface area contributed by atoms with Crippen LogP contribution in [0.1, 0.15) is 57.8 Å². The molecule has 0 radical (unpaired) electrons. The highest BCUT2D eigenvalue weighted by Crippen LogP contribution is 2.54. The van der Waals surface area contributed by atoms with Gasteiger partial charge in [0.05, 0.1) is 21.1 Å². The van der Waals surface area contributed by atoms with Crippen molar-refractivity contribution in [3.63, 3.8) is 0 Å². The number of aryl methyl sites for hydroxylation is 2.